The first-order chi connectivity index (χ1) is 16.6. The van der Waals surface area contributed by atoms with Gasteiger partial charge in [0.2, 0.25) is 18.1 Å². The molecule has 0 radical (unpaired) electrons. The van der Waals surface area contributed by atoms with Crippen molar-refractivity contribution in [2.45, 2.75) is 26.9 Å². The summed E-state index contributed by atoms with van der Waals surface area (Å²) in [5.74, 6) is -1.79. The second kappa shape index (κ2) is 10.8. The minimum Gasteiger partial charge on any atom is -0.506 e. The summed E-state index contributed by atoms with van der Waals surface area (Å²) < 4.78 is 3.09. The molecule has 3 rings (SSSR count). The predicted octanol–water partition coefficient (Wildman–Crippen LogP) is 1.38. The van der Waals surface area contributed by atoms with Gasteiger partial charge in [-0.2, -0.15) is 0 Å². The maximum atomic E-state index is 12.3. The Labute approximate surface area is 200 Å². The van der Waals surface area contributed by atoms with Gasteiger partial charge in [0.05, 0.1) is 11.4 Å². The molecule has 182 valence electrons. The average molecular weight is 481 g/mol. The lowest BCUT2D eigenvalue weighted by Gasteiger charge is -2.09. The molecule has 35 heavy (non-hydrogen) atoms. The first-order valence-corrected chi connectivity index (χ1v) is 10.4. The number of phenols is 2. The van der Waals surface area contributed by atoms with Gasteiger partial charge in [-0.05, 0) is 24.3 Å². The third-order valence-electron chi connectivity index (χ3n) is 4.58. The Morgan fingerprint density at radius 2 is 1.31 bits per heavy atom. The topological polar surface area (TPSA) is 166 Å². The number of nitrogens with one attached hydrogen (secondary N) is 4. The summed E-state index contributed by atoms with van der Waals surface area (Å²) in [7, 11) is 0. The number of nitrogens with zero attached hydrogens (tertiary/aromatic N) is 2. The standard InChI is InChI=1S/C23H24N6O6/c1-14(30)24-16-3-5-18(20(32)9-16)26-22(34)11-28-7-8-29(13-28)12-23(35)27-19-6-4-17(10-21(19)33)25-15(2)31/h3-10,13H,11-12H2,1-2H3,(H5-,24,25,26,27,30,31,32,33,34,35)/p+1. The number of rotatable bonds is 8. The van der Waals surface area contributed by atoms with Crippen LogP contribution in [0, 0.1) is 0 Å². The maximum Gasteiger partial charge on any atom is 0.266 e. The Morgan fingerprint density at radius 3 is 1.80 bits per heavy atom. The Balaban J connectivity index is 1.54. The largest absolute Gasteiger partial charge is 0.506 e. The summed E-state index contributed by atoms with van der Waals surface area (Å²) in [6, 6.07) is 8.68. The molecular formula is C23H25N6O6+. The molecule has 0 aliphatic heterocycles. The predicted molar refractivity (Wildman–Crippen MR) is 127 cm³/mol. The number of phenolic OH excluding ortho intramolecular Hbond substituents is 2. The molecular weight excluding hydrogens is 456 g/mol. The van der Waals surface area contributed by atoms with Crippen LogP contribution in [0.4, 0.5) is 22.7 Å². The number of carbonyl (C=O) groups is 4. The Morgan fingerprint density at radius 1 is 0.800 bits per heavy atom. The van der Waals surface area contributed by atoms with Crippen molar-refractivity contribution in [2.24, 2.45) is 0 Å². The van der Waals surface area contributed by atoms with Crippen LogP contribution in [-0.2, 0) is 32.3 Å². The van der Waals surface area contributed by atoms with Crippen molar-refractivity contribution in [3.8, 4) is 11.5 Å². The number of aromatic hydroxyl groups is 2. The zero-order valence-electron chi connectivity index (χ0n) is 19.0. The highest BCUT2D eigenvalue weighted by molar-refractivity contribution is 5.94. The summed E-state index contributed by atoms with van der Waals surface area (Å²) >= 11 is 0. The third kappa shape index (κ3) is 7.32. The van der Waals surface area contributed by atoms with E-state index in [1.54, 1.807) is 40.0 Å². The monoisotopic (exact) mass is 481 g/mol. The van der Waals surface area contributed by atoms with Crippen LogP contribution in [0.1, 0.15) is 13.8 Å². The molecule has 0 atom stereocenters. The molecule has 1 heterocycles. The molecule has 2 aromatic carbocycles. The molecule has 12 heteroatoms. The van der Waals surface area contributed by atoms with E-state index in [4.69, 9.17) is 0 Å². The Bertz CT molecular complexity index is 1190. The first-order valence-electron chi connectivity index (χ1n) is 10.4. The van der Waals surface area contributed by atoms with E-state index in [9.17, 15) is 29.4 Å². The third-order valence-corrected chi connectivity index (χ3v) is 4.58. The van der Waals surface area contributed by atoms with Gasteiger partial charge < -0.3 is 31.5 Å². The van der Waals surface area contributed by atoms with Gasteiger partial charge in [0.1, 0.15) is 23.9 Å². The van der Waals surface area contributed by atoms with Crippen LogP contribution in [0.5, 0.6) is 11.5 Å². The zero-order valence-corrected chi connectivity index (χ0v) is 19.0. The zero-order chi connectivity index (χ0) is 25.5. The molecule has 0 saturated carbocycles. The summed E-state index contributed by atoms with van der Waals surface area (Å²) in [6.45, 7) is 2.53. The highest BCUT2D eigenvalue weighted by Gasteiger charge is 2.15. The van der Waals surface area contributed by atoms with Crippen LogP contribution >= 0.6 is 0 Å². The lowest BCUT2D eigenvalue weighted by Crippen LogP contribution is -2.38. The maximum absolute atomic E-state index is 12.3. The van der Waals surface area contributed by atoms with E-state index in [-0.39, 0.29) is 47.8 Å². The fraction of sp³-hybridized carbons (Fsp3) is 0.174. The van der Waals surface area contributed by atoms with E-state index in [1.807, 2.05) is 0 Å². The van der Waals surface area contributed by atoms with Crippen molar-refractivity contribution in [1.82, 2.24) is 4.57 Å². The van der Waals surface area contributed by atoms with Gasteiger partial charge in [-0.25, -0.2) is 9.13 Å². The normalized spacial score (nSPS) is 10.3. The lowest BCUT2D eigenvalue weighted by molar-refractivity contribution is -0.683. The fourth-order valence-electron chi connectivity index (χ4n) is 3.17. The van der Waals surface area contributed by atoms with Crippen LogP contribution in [0.15, 0.2) is 55.1 Å². The van der Waals surface area contributed by atoms with Crippen molar-refractivity contribution in [3.05, 3.63) is 55.1 Å². The minimum absolute atomic E-state index is 0.0765. The van der Waals surface area contributed by atoms with E-state index in [0.717, 1.165) is 0 Å². The number of hydrogen-bond acceptors (Lipinski definition) is 6. The SMILES string of the molecule is CC(=O)Nc1ccc(NC(=O)Cn2cc[n+](CC(=O)Nc3ccc(NC(C)=O)cc3O)c2)c(O)c1. The minimum atomic E-state index is -0.413. The van der Waals surface area contributed by atoms with E-state index >= 15 is 0 Å². The first kappa shape index (κ1) is 24.8. The molecule has 0 bridgehead atoms. The highest BCUT2D eigenvalue weighted by Crippen LogP contribution is 2.27. The lowest BCUT2D eigenvalue weighted by atomic mass is 10.2. The second-order valence-corrected chi connectivity index (χ2v) is 7.68. The van der Waals surface area contributed by atoms with Crippen LogP contribution in [0.25, 0.3) is 0 Å². The summed E-state index contributed by atoms with van der Waals surface area (Å²) in [6.07, 6.45) is 4.76. The number of benzene rings is 2. The molecule has 0 aliphatic rings. The van der Waals surface area contributed by atoms with Crippen LogP contribution in [0.3, 0.4) is 0 Å². The molecule has 0 fully saturated rings. The molecule has 12 nitrogen and oxygen atoms in total. The summed E-state index contributed by atoms with van der Waals surface area (Å²) in [5.41, 5.74) is 1.17. The number of imidazole rings is 1. The van der Waals surface area contributed by atoms with Crippen molar-refractivity contribution in [1.29, 1.82) is 0 Å². The van der Waals surface area contributed by atoms with Crippen LogP contribution in [0.2, 0.25) is 0 Å². The number of aromatic nitrogens is 2. The van der Waals surface area contributed by atoms with Gasteiger partial charge in [0.25, 0.3) is 11.8 Å². The van der Waals surface area contributed by atoms with E-state index in [2.05, 4.69) is 21.3 Å². The quantitative estimate of drug-likeness (QED) is 0.210. The Kier molecular flexibility index (Phi) is 7.66. The molecule has 0 unspecified atom stereocenters. The van der Waals surface area contributed by atoms with Crippen molar-refractivity contribution in [2.75, 3.05) is 21.3 Å². The number of amides is 4. The van der Waals surface area contributed by atoms with Gasteiger partial charge in [0.15, 0.2) is 13.1 Å². The van der Waals surface area contributed by atoms with E-state index in [1.165, 1.54) is 38.1 Å². The molecule has 0 saturated heterocycles. The van der Waals surface area contributed by atoms with Gasteiger partial charge in [0, 0.05) is 37.4 Å². The molecule has 3 aromatic rings. The van der Waals surface area contributed by atoms with Crippen LogP contribution in [-0.4, -0.2) is 38.4 Å². The van der Waals surface area contributed by atoms with E-state index in [0.29, 0.717) is 11.4 Å². The second-order valence-electron chi connectivity index (χ2n) is 7.68. The molecule has 0 spiro atoms. The van der Waals surface area contributed by atoms with Gasteiger partial charge >= 0.3 is 0 Å². The summed E-state index contributed by atoms with van der Waals surface area (Å²) in [4.78, 5) is 46.9. The Hall–Kier alpha value is -4.87. The van der Waals surface area contributed by atoms with Crippen LogP contribution < -0.4 is 25.8 Å². The fourth-order valence-corrected chi connectivity index (χ4v) is 3.17. The summed E-state index contributed by atoms with van der Waals surface area (Å²) in [5, 5.41) is 30.3. The van der Waals surface area contributed by atoms with E-state index < -0.39 is 11.8 Å². The molecule has 0 aliphatic carbocycles. The van der Waals surface area contributed by atoms with Gasteiger partial charge in [-0.15, -0.1) is 0 Å². The smallest absolute Gasteiger partial charge is 0.266 e. The number of anilines is 4. The highest BCUT2D eigenvalue weighted by atomic mass is 16.3. The van der Waals surface area contributed by atoms with Gasteiger partial charge in [-0.1, -0.05) is 0 Å². The van der Waals surface area contributed by atoms with Crippen molar-refractivity contribution in [3.63, 3.8) is 0 Å². The number of hydrogen-bond donors (Lipinski definition) is 6. The van der Waals surface area contributed by atoms with Gasteiger partial charge in [-0.3, -0.25) is 19.2 Å². The van der Waals surface area contributed by atoms with Crippen molar-refractivity contribution >= 4 is 46.4 Å². The average Bonchev–Trinajstić information content (AvgIpc) is 3.17. The van der Waals surface area contributed by atoms with Crippen molar-refractivity contribution < 1.29 is 34.0 Å². The number of carbonyl (C=O) groups excluding carboxylic acids is 4. The molecule has 1 aromatic heterocycles. The molecule has 6 N–H and O–H groups in total. The molecule has 4 amide bonds.